The summed E-state index contributed by atoms with van der Waals surface area (Å²) in [4.78, 5) is 15.1. The molecule has 4 aromatic rings. The summed E-state index contributed by atoms with van der Waals surface area (Å²) in [6.45, 7) is 3.21. The average molecular weight is 415 g/mol. The Morgan fingerprint density at radius 1 is 1.03 bits per heavy atom. The van der Waals surface area contributed by atoms with Crippen LogP contribution < -0.4 is 5.32 Å². The van der Waals surface area contributed by atoms with Crippen LogP contribution in [-0.4, -0.2) is 45.4 Å². The third-order valence-electron chi connectivity index (χ3n) is 5.88. The van der Waals surface area contributed by atoms with Gasteiger partial charge in [-0.15, -0.1) is 5.10 Å². The summed E-state index contributed by atoms with van der Waals surface area (Å²) in [6, 6.07) is 19.5. The van der Waals surface area contributed by atoms with E-state index in [9.17, 15) is 4.79 Å². The van der Waals surface area contributed by atoms with Gasteiger partial charge in [0, 0.05) is 12.1 Å². The highest BCUT2D eigenvalue weighted by atomic mass is 16.3. The van der Waals surface area contributed by atoms with Crippen molar-refractivity contribution in [3.05, 3.63) is 83.8 Å². The second-order valence-corrected chi connectivity index (χ2v) is 7.92. The van der Waals surface area contributed by atoms with E-state index < -0.39 is 0 Å². The van der Waals surface area contributed by atoms with Crippen molar-refractivity contribution in [1.29, 1.82) is 0 Å². The van der Waals surface area contributed by atoms with Gasteiger partial charge < -0.3 is 9.73 Å². The van der Waals surface area contributed by atoms with Crippen molar-refractivity contribution in [3.63, 3.8) is 0 Å². The second-order valence-electron chi connectivity index (χ2n) is 7.92. The topological polar surface area (TPSA) is 76.2 Å². The number of furan rings is 1. The van der Waals surface area contributed by atoms with Crippen LogP contribution in [0.25, 0.3) is 11.0 Å². The van der Waals surface area contributed by atoms with Gasteiger partial charge in [-0.05, 0) is 67.9 Å². The molecular formula is C24H25N5O2. The summed E-state index contributed by atoms with van der Waals surface area (Å²) in [5.41, 5.74) is 3.59. The first-order valence-corrected chi connectivity index (χ1v) is 10.7. The SMILES string of the molecule is O=C(NCC(c1ccco1)N1CCCC1)c1ccc(Cn2nnc3ccccc32)cc1. The zero-order chi connectivity index (χ0) is 21.0. The molecule has 7 nitrogen and oxygen atoms in total. The van der Waals surface area contributed by atoms with Crippen LogP contribution in [0.15, 0.2) is 71.3 Å². The smallest absolute Gasteiger partial charge is 0.251 e. The lowest BCUT2D eigenvalue weighted by Crippen LogP contribution is -2.36. The van der Waals surface area contributed by atoms with Crippen LogP contribution in [0.2, 0.25) is 0 Å². The van der Waals surface area contributed by atoms with Gasteiger partial charge in [0.25, 0.3) is 5.91 Å². The van der Waals surface area contributed by atoms with Crippen LogP contribution in [0.4, 0.5) is 0 Å². The number of fused-ring (bicyclic) bond motifs is 1. The van der Waals surface area contributed by atoms with Gasteiger partial charge in [0.15, 0.2) is 0 Å². The van der Waals surface area contributed by atoms with Gasteiger partial charge in [0.2, 0.25) is 0 Å². The first-order valence-electron chi connectivity index (χ1n) is 10.7. The van der Waals surface area contributed by atoms with Crippen LogP contribution in [0.5, 0.6) is 0 Å². The fourth-order valence-corrected chi connectivity index (χ4v) is 4.20. The molecule has 0 aliphatic carbocycles. The van der Waals surface area contributed by atoms with Crippen molar-refractivity contribution in [2.45, 2.75) is 25.4 Å². The lowest BCUT2D eigenvalue weighted by molar-refractivity contribution is 0.0933. The Balaban J connectivity index is 1.23. The van der Waals surface area contributed by atoms with Gasteiger partial charge in [0.05, 0.1) is 24.4 Å². The van der Waals surface area contributed by atoms with Gasteiger partial charge in [-0.1, -0.05) is 29.5 Å². The first kappa shape index (κ1) is 19.5. The maximum Gasteiger partial charge on any atom is 0.251 e. The number of likely N-dealkylation sites (tertiary alicyclic amines) is 1. The predicted octanol–water partition coefficient (Wildman–Crippen LogP) is 3.64. The van der Waals surface area contributed by atoms with Gasteiger partial charge in [-0.25, -0.2) is 4.68 Å². The number of hydrogen-bond donors (Lipinski definition) is 1. The first-order chi connectivity index (χ1) is 15.3. The third kappa shape index (κ3) is 4.22. The van der Waals surface area contributed by atoms with E-state index in [1.807, 2.05) is 65.3 Å². The highest BCUT2D eigenvalue weighted by Crippen LogP contribution is 2.25. The van der Waals surface area contributed by atoms with E-state index in [0.29, 0.717) is 18.7 Å². The molecule has 1 amide bonds. The molecule has 0 bridgehead atoms. The quantitative estimate of drug-likeness (QED) is 0.499. The second kappa shape index (κ2) is 8.73. The highest BCUT2D eigenvalue weighted by molar-refractivity contribution is 5.94. The van der Waals surface area contributed by atoms with Crippen molar-refractivity contribution >= 4 is 16.9 Å². The molecule has 2 aromatic heterocycles. The van der Waals surface area contributed by atoms with Crippen LogP contribution >= 0.6 is 0 Å². The van der Waals surface area contributed by atoms with Gasteiger partial charge in [0.1, 0.15) is 11.3 Å². The van der Waals surface area contributed by atoms with Crippen LogP contribution in [0.1, 0.15) is 40.6 Å². The molecule has 158 valence electrons. The molecule has 1 aliphatic rings. The Hall–Kier alpha value is -3.45. The van der Waals surface area contributed by atoms with Gasteiger partial charge in [-0.2, -0.15) is 0 Å². The normalized spacial score (nSPS) is 15.4. The molecule has 1 unspecified atom stereocenters. The van der Waals surface area contributed by atoms with E-state index in [4.69, 9.17) is 4.42 Å². The standard InChI is InChI=1S/C24H25N5O2/c30-24(25-16-22(23-8-5-15-31-23)28-13-3-4-14-28)19-11-9-18(10-12-19)17-29-21-7-2-1-6-20(21)26-27-29/h1-2,5-12,15,22H,3-4,13-14,16-17H2,(H,25,30). The van der Waals surface area contributed by atoms with Crippen molar-refractivity contribution < 1.29 is 9.21 Å². The summed E-state index contributed by atoms with van der Waals surface area (Å²) < 4.78 is 7.51. The molecule has 3 heterocycles. The lowest BCUT2D eigenvalue weighted by Gasteiger charge is -2.26. The summed E-state index contributed by atoms with van der Waals surface area (Å²) in [7, 11) is 0. The summed E-state index contributed by atoms with van der Waals surface area (Å²) in [6.07, 6.45) is 4.07. The van der Waals surface area contributed by atoms with Gasteiger partial charge >= 0.3 is 0 Å². The molecule has 1 aliphatic heterocycles. The highest BCUT2D eigenvalue weighted by Gasteiger charge is 2.26. The molecule has 0 spiro atoms. The minimum atomic E-state index is -0.0755. The Labute approximate surface area is 180 Å². The van der Waals surface area contributed by atoms with E-state index in [2.05, 4.69) is 20.5 Å². The molecule has 1 saturated heterocycles. The number of aromatic nitrogens is 3. The predicted molar refractivity (Wildman–Crippen MR) is 118 cm³/mol. The molecule has 5 rings (SSSR count). The number of para-hydroxylation sites is 1. The monoisotopic (exact) mass is 415 g/mol. The fraction of sp³-hybridized carbons (Fsp3) is 0.292. The number of nitrogens with one attached hydrogen (secondary N) is 1. The van der Waals surface area contributed by atoms with Gasteiger partial charge in [-0.3, -0.25) is 9.69 Å². The molecule has 1 N–H and O–H groups in total. The van der Waals surface area contributed by atoms with Crippen molar-refractivity contribution in [1.82, 2.24) is 25.2 Å². The zero-order valence-electron chi connectivity index (χ0n) is 17.3. The minimum Gasteiger partial charge on any atom is -0.468 e. The van der Waals surface area contributed by atoms with Crippen LogP contribution in [0.3, 0.4) is 0 Å². The Kier molecular flexibility index (Phi) is 5.50. The molecular weight excluding hydrogens is 390 g/mol. The van der Waals surface area contributed by atoms with E-state index >= 15 is 0 Å². The van der Waals surface area contributed by atoms with Crippen molar-refractivity contribution in [2.24, 2.45) is 0 Å². The van der Waals surface area contributed by atoms with Crippen LogP contribution in [-0.2, 0) is 6.54 Å². The molecule has 7 heteroatoms. The Bertz CT molecular complexity index is 1140. The molecule has 31 heavy (non-hydrogen) atoms. The fourth-order valence-electron chi connectivity index (χ4n) is 4.20. The Morgan fingerprint density at radius 2 is 1.84 bits per heavy atom. The Morgan fingerprint density at radius 3 is 2.61 bits per heavy atom. The molecule has 0 radical (unpaired) electrons. The molecule has 0 saturated carbocycles. The number of carbonyl (C=O) groups excluding carboxylic acids is 1. The van der Waals surface area contributed by atoms with Crippen molar-refractivity contribution in [2.75, 3.05) is 19.6 Å². The largest absolute Gasteiger partial charge is 0.468 e. The van der Waals surface area contributed by atoms with E-state index in [0.717, 1.165) is 35.4 Å². The maximum absolute atomic E-state index is 12.7. The number of hydrogen-bond acceptors (Lipinski definition) is 5. The lowest BCUT2D eigenvalue weighted by atomic mass is 10.1. The molecule has 1 fully saturated rings. The third-order valence-corrected chi connectivity index (χ3v) is 5.88. The number of rotatable bonds is 7. The maximum atomic E-state index is 12.7. The van der Waals surface area contributed by atoms with Crippen molar-refractivity contribution in [3.8, 4) is 0 Å². The number of amides is 1. The van der Waals surface area contributed by atoms with E-state index in [1.54, 1.807) is 6.26 Å². The molecule has 1 atom stereocenters. The zero-order valence-corrected chi connectivity index (χ0v) is 17.3. The summed E-state index contributed by atoms with van der Waals surface area (Å²) in [5, 5.41) is 11.5. The van der Waals surface area contributed by atoms with Crippen LogP contribution in [0, 0.1) is 0 Å². The summed E-state index contributed by atoms with van der Waals surface area (Å²) >= 11 is 0. The number of benzene rings is 2. The van der Waals surface area contributed by atoms with E-state index in [-0.39, 0.29) is 11.9 Å². The number of nitrogens with zero attached hydrogens (tertiary/aromatic N) is 4. The average Bonchev–Trinajstić information content (AvgIpc) is 3.58. The minimum absolute atomic E-state index is 0.0707. The summed E-state index contributed by atoms with van der Waals surface area (Å²) in [5.74, 6) is 0.825. The number of carbonyl (C=O) groups is 1. The van der Waals surface area contributed by atoms with E-state index in [1.165, 1.54) is 12.8 Å². The molecule has 2 aromatic carbocycles.